The average molecular weight is 411 g/mol. The Bertz CT molecular complexity index is 975. The molecule has 162 valence electrons. The van der Waals surface area contributed by atoms with Crippen LogP contribution >= 0.6 is 0 Å². The highest BCUT2D eigenvalue weighted by molar-refractivity contribution is 5.80. The van der Waals surface area contributed by atoms with E-state index in [4.69, 9.17) is 9.72 Å². The summed E-state index contributed by atoms with van der Waals surface area (Å²) in [7, 11) is 8.48. The second-order valence-corrected chi connectivity index (χ2v) is 8.83. The average Bonchev–Trinajstić information content (AvgIpc) is 3.27. The van der Waals surface area contributed by atoms with E-state index in [1.807, 2.05) is 6.07 Å². The molecular formula is C23H34N6O. The number of rotatable bonds is 9. The minimum atomic E-state index is 0.578. The number of hydrogen-bond acceptors (Lipinski definition) is 5. The molecule has 1 aromatic carbocycles. The first-order valence-corrected chi connectivity index (χ1v) is 10.8. The Morgan fingerprint density at radius 1 is 1.23 bits per heavy atom. The molecule has 0 radical (unpaired) electrons. The van der Waals surface area contributed by atoms with Crippen molar-refractivity contribution in [2.75, 3.05) is 52.7 Å². The third kappa shape index (κ3) is 4.96. The largest absolute Gasteiger partial charge is 0.493 e. The summed E-state index contributed by atoms with van der Waals surface area (Å²) in [6, 6.07) is 8.41. The van der Waals surface area contributed by atoms with Gasteiger partial charge < -0.3 is 29.0 Å². The molecule has 0 saturated carbocycles. The Hall–Kier alpha value is -2.51. The van der Waals surface area contributed by atoms with E-state index in [1.54, 1.807) is 0 Å². The zero-order valence-corrected chi connectivity index (χ0v) is 18.6. The first-order chi connectivity index (χ1) is 14.5. The standard InChI is InChI=1S/C23H34N6O/c1-26(2)14-19-13-24-23-25-21-7-6-20(12-22(21)29(23)17-19)30-11-5-9-27(3)15-18-8-10-28(4)16-18/h6-8,10,12,16,19H,5,9,11,13-15,17H2,1-4H3,(H,24,25). The van der Waals surface area contributed by atoms with Gasteiger partial charge in [-0.3, -0.25) is 0 Å². The second kappa shape index (κ2) is 9.10. The quantitative estimate of drug-likeness (QED) is 0.550. The third-order valence-electron chi connectivity index (χ3n) is 5.63. The lowest BCUT2D eigenvalue weighted by Crippen LogP contribution is -2.34. The smallest absolute Gasteiger partial charge is 0.203 e. The van der Waals surface area contributed by atoms with Crippen molar-refractivity contribution in [3.63, 3.8) is 0 Å². The van der Waals surface area contributed by atoms with Crippen molar-refractivity contribution in [2.45, 2.75) is 19.5 Å². The van der Waals surface area contributed by atoms with E-state index in [-0.39, 0.29) is 0 Å². The van der Waals surface area contributed by atoms with Gasteiger partial charge in [0.1, 0.15) is 5.75 Å². The Kier molecular flexibility index (Phi) is 6.29. The van der Waals surface area contributed by atoms with Gasteiger partial charge in [0.25, 0.3) is 0 Å². The molecule has 1 aliphatic rings. The number of hydrogen-bond donors (Lipinski definition) is 1. The molecule has 1 aliphatic heterocycles. The molecule has 3 aromatic rings. The molecule has 0 amide bonds. The van der Waals surface area contributed by atoms with Crippen molar-refractivity contribution >= 4 is 17.0 Å². The highest BCUT2D eigenvalue weighted by Gasteiger charge is 2.22. The molecule has 7 heteroatoms. The maximum Gasteiger partial charge on any atom is 0.203 e. The fraction of sp³-hybridized carbons (Fsp3) is 0.522. The van der Waals surface area contributed by atoms with Crippen molar-refractivity contribution in [3.05, 3.63) is 42.2 Å². The third-order valence-corrected chi connectivity index (χ3v) is 5.63. The predicted molar refractivity (Wildman–Crippen MR) is 122 cm³/mol. The molecule has 0 saturated heterocycles. The minimum absolute atomic E-state index is 0.578. The van der Waals surface area contributed by atoms with Gasteiger partial charge in [0, 0.05) is 64.1 Å². The number of benzene rings is 1. The molecule has 0 bridgehead atoms. The number of ether oxygens (including phenoxy) is 1. The summed E-state index contributed by atoms with van der Waals surface area (Å²) in [5.74, 6) is 2.47. The summed E-state index contributed by atoms with van der Waals surface area (Å²) in [5, 5.41) is 3.49. The van der Waals surface area contributed by atoms with Crippen molar-refractivity contribution in [1.29, 1.82) is 0 Å². The first kappa shape index (κ1) is 20.8. The number of imidazole rings is 1. The van der Waals surface area contributed by atoms with E-state index >= 15 is 0 Å². The topological polar surface area (TPSA) is 50.5 Å². The minimum Gasteiger partial charge on any atom is -0.493 e. The van der Waals surface area contributed by atoms with Crippen molar-refractivity contribution < 1.29 is 4.74 Å². The summed E-state index contributed by atoms with van der Waals surface area (Å²) in [6.45, 7) is 5.73. The molecule has 1 N–H and O–H groups in total. The molecule has 0 aliphatic carbocycles. The van der Waals surface area contributed by atoms with Gasteiger partial charge in [-0.2, -0.15) is 0 Å². The van der Waals surface area contributed by atoms with Crippen LogP contribution in [0.1, 0.15) is 12.0 Å². The van der Waals surface area contributed by atoms with Gasteiger partial charge in [0.15, 0.2) is 0 Å². The van der Waals surface area contributed by atoms with Crippen LogP contribution in [0.25, 0.3) is 11.0 Å². The van der Waals surface area contributed by atoms with E-state index in [2.05, 4.69) is 83.0 Å². The number of nitrogens with zero attached hydrogens (tertiary/aromatic N) is 5. The molecule has 0 fully saturated rings. The SMILES string of the molecule is CN(C)CC1CNc2nc3ccc(OCCCN(C)Cc4ccn(C)c4)cc3n2C1. The Morgan fingerprint density at radius 3 is 2.87 bits per heavy atom. The highest BCUT2D eigenvalue weighted by Crippen LogP contribution is 2.28. The van der Waals surface area contributed by atoms with Gasteiger partial charge in [0.05, 0.1) is 17.6 Å². The Morgan fingerprint density at radius 2 is 2.10 bits per heavy atom. The van der Waals surface area contributed by atoms with Gasteiger partial charge in [0.2, 0.25) is 5.95 Å². The summed E-state index contributed by atoms with van der Waals surface area (Å²) in [5.41, 5.74) is 3.52. The lowest BCUT2D eigenvalue weighted by atomic mass is 10.1. The number of anilines is 1. The summed E-state index contributed by atoms with van der Waals surface area (Å²) in [6.07, 6.45) is 5.26. The molecule has 3 heterocycles. The summed E-state index contributed by atoms with van der Waals surface area (Å²) < 4.78 is 10.5. The molecule has 0 spiro atoms. The van der Waals surface area contributed by atoms with Crippen molar-refractivity contribution in [3.8, 4) is 5.75 Å². The van der Waals surface area contributed by atoms with Crippen LogP contribution in [0.4, 0.5) is 5.95 Å². The lowest BCUT2D eigenvalue weighted by molar-refractivity contribution is 0.259. The normalized spacial score (nSPS) is 16.3. The Balaban J connectivity index is 1.31. The summed E-state index contributed by atoms with van der Waals surface area (Å²) in [4.78, 5) is 9.33. The van der Waals surface area contributed by atoms with E-state index in [9.17, 15) is 0 Å². The molecule has 30 heavy (non-hydrogen) atoms. The Labute approximate surface area is 179 Å². The van der Waals surface area contributed by atoms with Gasteiger partial charge in [-0.05, 0) is 51.3 Å². The molecular weight excluding hydrogens is 376 g/mol. The van der Waals surface area contributed by atoms with Crippen molar-refractivity contribution in [2.24, 2.45) is 13.0 Å². The fourth-order valence-electron chi connectivity index (χ4n) is 4.28. The van der Waals surface area contributed by atoms with Gasteiger partial charge in [-0.1, -0.05) is 0 Å². The van der Waals surface area contributed by atoms with Gasteiger partial charge in [-0.25, -0.2) is 4.98 Å². The van der Waals surface area contributed by atoms with E-state index in [0.29, 0.717) is 12.5 Å². The predicted octanol–water partition coefficient (Wildman–Crippen LogP) is 2.88. The van der Waals surface area contributed by atoms with Crippen LogP contribution in [0, 0.1) is 5.92 Å². The highest BCUT2D eigenvalue weighted by atomic mass is 16.5. The van der Waals surface area contributed by atoms with Crippen LogP contribution in [-0.2, 0) is 20.1 Å². The summed E-state index contributed by atoms with van der Waals surface area (Å²) >= 11 is 0. The molecule has 1 atom stereocenters. The zero-order valence-electron chi connectivity index (χ0n) is 18.6. The van der Waals surface area contributed by atoms with E-state index in [0.717, 1.165) is 61.9 Å². The number of nitrogens with one attached hydrogen (secondary N) is 1. The van der Waals surface area contributed by atoms with Crippen LogP contribution in [0.5, 0.6) is 5.75 Å². The lowest BCUT2D eigenvalue weighted by Gasteiger charge is -2.27. The van der Waals surface area contributed by atoms with Crippen molar-refractivity contribution in [1.82, 2.24) is 23.9 Å². The van der Waals surface area contributed by atoms with Crippen LogP contribution in [-0.4, -0.2) is 71.3 Å². The maximum atomic E-state index is 6.07. The van der Waals surface area contributed by atoms with Crippen LogP contribution < -0.4 is 10.1 Å². The molecule has 4 rings (SSSR count). The zero-order chi connectivity index (χ0) is 21.1. The van der Waals surface area contributed by atoms with E-state index in [1.165, 1.54) is 5.56 Å². The maximum absolute atomic E-state index is 6.07. The molecule has 7 nitrogen and oxygen atoms in total. The fourth-order valence-corrected chi connectivity index (χ4v) is 4.28. The second-order valence-electron chi connectivity index (χ2n) is 8.83. The molecule has 1 unspecified atom stereocenters. The van der Waals surface area contributed by atoms with Crippen LogP contribution in [0.15, 0.2) is 36.7 Å². The van der Waals surface area contributed by atoms with Crippen LogP contribution in [0.2, 0.25) is 0 Å². The number of aryl methyl sites for hydroxylation is 1. The number of aromatic nitrogens is 3. The van der Waals surface area contributed by atoms with Gasteiger partial charge >= 0.3 is 0 Å². The monoisotopic (exact) mass is 410 g/mol. The van der Waals surface area contributed by atoms with Gasteiger partial charge in [-0.15, -0.1) is 0 Å². The number of fused-ring (bicyclic) bond motifs is 3. The first-order valence-electron chi connectivity index (χ1n) is 10.8. The molecule has 2 aromatic heterocycles. The van der Waals surface area contributed by atoms with Crippen LogP contribution in [0.3, 0.4) is 0 Å². The van der Waals surface area contributed by atoms with E-state index < -0.39 is 0 Å².